The van der Waals surface area contributed by atoms with Crippen molar-refractivity contribution in [3.05, 3.63) is 12.2 Å². The molecule has 0 aliphatic rings. The second-order valence-corrected chi connectivity index (χ2v) is 23.5. The lowest BCUT2D eigenvalue weighted by molar-refractivity contribution is -0.143. The summed E-state index contributed by atoms with van der Waals surface area (Å²) in [5.41, 5.74) is 0. The average molecular weight is 1040 g/mol. The Balaban J connectivity index is 3.39. The highest BCUT2D eigenvalue weighted by molar-refractivity contribution is 5.76. The van der Waals surface area contributed by atoms with Gasteiger partial charge >= 0.3 is 5.97 Å². The van der Waals surface area contributed by atoms with Crippen LogP contribution in [0.3, 0.4) is 0 Å². The minimum absolute atomic E-state index is 0.00449. The van der Waals surface area contributed by atoms with Crippen molar-refractivity contribution in [1.29, 1.82) is 0 Å². The first-order chi connectivity index (χ1) is 36.5. The van der Waals surface area contributed by atoms with Crippen LogP contribution < -0.4 is 5.32 Å². The van der Waals surface area contributed by atoms with Crippen LogP contribution in [0.15, 0.2) is 12.2 Å². The van der Waals surface area contributed by atoms with E-state index in [9.17, 15) is 19.8 Å². The number of allylic oxidation sites excluding steroid dienone is 2. The molecule has 0 aliphatic heterocycles. The number of carbonyl (C=O) groups is 2. The molecule has 0 aromatic carbocycles. The molecule has 0 aromatic heterocycles. The molecular weight excluding hydrogens is 911 g/mol. The van der Waals surface area contributed by atoms with Gasteiger partial charge < -0.3 is 20.3 Å². The summed E-state index contributed by atoms with van der Waals surface area (Å²) >= 11 is 0. The van der Waals surface area contributed by atoms with Crippen molar-refractivity contribution in [2.45, 2.75) is 398 Å². The van der Waals surface area contributed by atoms with Gasteiger partial charge in [0.2, 0.25) is 5.91 Å². The molecule has 0 radical (unpaired) electrons. The number of unbranched alkanes of at least 4 members (excludes halogenated alkanes) is 51. The van der Waals surface area contributed by atoms with E-state index >= 15 is 0 Å². The SMILES string of the molecule is CCCCCCCCC/C=C\CCCCCCCC(=O)OCCCCCCCCCCCCCCCCCCCCCCC(=O)NC(CO)C(O)CCCCCCCCCCCCCCCCCCCCCCC. The van der Waals surface area contributed by atoms with Gasteiger partial charge in [0.1, 0.15) is 0 Å². The van der Waals surface area contributed by atoms with Gasteiger partial charge in [-0.1, -0.05) is 334 Å². The number of rotatable bonds is 64. The molecule has 1 amide bonds. The summed E-state index contributed by atoms with van der Waals surface area (Å²) in [6.45, 7) is 4.98. The lowest BCUT2D eigenvalue weighted by Crippen LogP contribution is -2.45. The van der Waals surface area contributed by atoms with Gasteiger partial charge in [0, 0.05) is 12.8 Å². The molecular formula is C68H133NO5. The van der Waals surface area contributed by atoms with E-state index in [0.29, 0.717) is 25.9 Å². The highest BCUT2D eigenvalue weighted by atomic mass is 16.5. The summed E-state index contributed by atoms with van der Waals surface area (Å²) in [6.07, 6.45) is 78.1. The van der Waals surface area contributed by atoms with Crippen LogP contribution >= 0.6 is 0 Å². The third kappa shape index (κ3) is 59.8. The molecule has 440 valence electrons. The Morgan fingerprint density at radius 3 is 0.959 bits per heavy atom. The number of esters is 1. The number of amides is 1. The standard InChI is InChI=1S/C68H133NO5/c1-3-5-7-9-11-13-15-17-19-21-22-23-26-29-32-36-40-44-48-52-56-60-66(71)65(64-70)69-67(72)61-57-53-49-45-41-37-33-30-27-24-25-28-31-35-39-43-47-51-55-59-63-74-68(73)62-58-54-50-46-42-38-34-20-18-16-14-12-10-8-6-4-2/h20,34,65-66,70-71H,3-19,21-33,35-64H2,1-2H3,(H,69,72)/b34-20-. The number of carbonyl (C=O) groups excluding carboxylic acids is 2. The lowest BCUT2D eigenvalue weighted by atomic mass is 10.0. The fraction of sp³-hybridized carbons (Fsp3) is 0.941. The third-order valence-electron chi connectivity index (χ3n) is 16.1. The van der Waals surface area contributed by atoms with Gasteiger partial charge in [-0.3, -0.25) is 9.59 Å². The first-order valence-corrected chi connectivity index (χ1v) is 33.9. The number of nitrogens with one attached hydrogen (secondary N) is 1. The maximum absolute atomic E-state index is 12.5. The third-order valence-corrected chi connectivity index (χ3v) is 16.1. The number of hydrogen-bond acceptors (Lipinski definition) is 5. The van der Waals surface area contributed by atoms with Crippen LogP contribution in [-0.4, -0.2) is 47.4 Å². The molecule has 0 heterocycles. The minimum atomic E-state index is -0.666. The van der Waals surface area contributed by atoms with E-state index in [2.05, 4.69) is 31.3 Å². The van der Waals surface area contributed by atoms with Gasteiger partial charge in [0.25, 0.3) is 0 Å². The second-order valence-electron chi connectivity index (χ2n) is 23.5. The molecule has 0 aliphatic carbocycles. The molecule has 0 bridgehead atoms. The van der Waals surface area contributed by atoms with E-state index in [4.69, 9.17) is 4.74 Å². The van der Waals surface area contributed by atoms with E-state index in [1.54, 1.807) is 0 Å². The molecule has 0 saturated heterocycles. The lowest BCUT2D eigenvalue weighted by Gasteiger charge is -2.22. The van der Waals surface area contributed by atoms with Crippen molar-refractivity contribution in [3.8, 4) is 0 Å². The molecule has 0 saturated carbocycles. The fourth-order valence-electron chi connectivity index (χ4n) is 10.9. The van der Waals surface area contributed by atoms with Crippen LogP contribution in [0.1, 0.15) is 386 Å². The van der Waals surface area contributed by atoms with E-state index in [1.165, 1.54) is 308 Å². The highest BCUT2D eigenvalue weighted by Crippen LogP contribution is 2.19. The molecule has 0 aromatic rings. The molecule has 3 N–H and O–H groups in total. The van der Waals surface area contributed by atoms with Gasteiger partial charge in [-0.05, 0) is 51.4 Å². The van der Waals surface area contributed by atoms with Gasteiger partial charge in [0.15, 0.2) is 0 Å². The normalized spacial score (nSPS) is 12.5. The minimum Gasteiger partial charge on any atom is -0.466 e. The maximum Gasteiger partial charge on any atom is 0.305 e. The predicted octanol–water partition coefficient (Wildman–Crippen LogP) is 21.6. The number of ether oxygens (including phenoxy) is 1. The first-order valence-electron chi connectivity index (χ1n) is 33.9. The van der Waals surface area contributed by atoms with Crippen molar-refractivity contribution in [1.82, 2.24) is 5.32 Å². The Bertz CT molecular complexity index is 1110. The molecule has 2 unspecified atom stereocenters. The van der Waals surface area contributed by atoms with Crippen LogP contribution in [0.25, 0.3) is 0 Å². The van der Waals surface area contributed by atoms with E-state index in [1.807, 2.05) is 0 Å². The topological polar surface area (TPSA) is 95.9 Å². The second kappa shape index (κ2) is 64.1. The fourth-order valence-corrected chi connectivity index (χ4v) is 10.9. The monoisotopic (exact) mass is 1040 g/mol. The molecule has 0 fully saturated rings. The molecule has 74 heavy (non-hydrogen) atoms. The van der Waals surface area contributed by atoms with Crippen LogP contribution in [0.4, 0.5) is 0 Å². The van der Waals surface area contributed by atoms with E-state index in [0.717, 1.165) is 44.9 Å². The molecule has 2 atom stereocenters. The molecule has 0 spiro atoms. The zero-order valence-electron chi connectivity index (χ0n) is 50.4. The van der Waals surface area contributed by atoms with Crippen molar-refractivity contribution < 1.29 is 24.5 Å². The molecule has 6 nitrogen and oxygen atoms in total. The highest BCUT2D eigenvalue weighted by Gasteiger charge is 2.20. The van der Waals surface area contributed by atoms with E-state index < -0.39 is 12.1 Å². The summed E-state index contributed by atoms with van der Waals surface area (Å²) < 4.78 is 5.49. The Morgan fingerprint density at radius 2 is 0.635 bits per heavy atom. The smallest absolute Gasteiger partial charge is 0.305 e. The Kier molecular flexibility index (Phi) is 62.9. The summed E-state index contributed by atoms with van der Waals surface area (Å²) in [6, 6.07) is -0.543. The van der Waals surface area contributed by atoms with Crippen molar-refractivity contribution >= 4 is 11.9 Å². The van der Waals surface area contributed by atoms with Crippen LogP contribution in [0.5, 0.6) is 0 Å². The van der Waals surface area contributed by atoms with Crippen molar-refractivity contribution in [2.75, 3.05) is 13.2 Å². The largest absolute Gasteiger partial charge is 0.466 e. The number of aliphatic hydroxyl groups is 2. The van der Waals surface area contributed by atoms with Crippen LogP contribution in [0, 0.1) is 0 Å². The molecule has 6 heteroatoms. The molecule has 0 rings (SSSR count). The first kappa shape index (κ1) is 72.6. The maximum atomic E-state index is 12.5. The number of hydrogen-bond donors (Lipinski definition) is 3. The summed E-state index contributed by atoms with van der Waals surface area (Å²) in [4.78, 5) is 24.6. The van der Waals surface area contributed by atoms with Crippen LogP contribution in [-0.2, 0) is 14.3 Å². The predicted molar refractivity (Wildman–Crippen MR) is 324 cm³/mol. The average Bonchev–Trinajstić information content (AvgIpc) is 3.40. The Morgan fingerprint density at radius 1 is 0.365 bits per heavy atom. The quantitative estimate of drug-likeness (QED) is 0.0320. The van der Waals surface area contributed by atoms with Gasteiger partial charge in [0.05, 0.1) is 25.4 Å². The summed E-state index contributed by atoms with van der Waals surface area (Å²) in [5, 5.41) is 23.4. The van der Waals surface area contributed by atoms with Crippen molar-refractivity contribution in [3.63, 3.8) is 0 Å². The van der Waals surface area contributed by atoms with E-state index in [-0.39, 0.29) is 18.5 Å². The summed E-state index contributed by atoms with van der Waals surface area (Å²) in [5.74, 6) is -0.0279. The van der Waals surface area contributed by atoms with Gasteiger partial charge in [-0.2, -0.15) is 0 Å². The Labute approximate surface area is 463 Å². The zero-order valence-corrected chi connectivity index (χ0v) is 50.4. The van der Waals surface area contributed by atoms with Gasteiger partial charge in [-0.15, -0.1) is 0 Å². The van der Waals surface area contributed by atoms with Gasteiger partial charge in [-0.25, -0.2) is 0 Å². The van der Waals surface area contributed by atoms with Crippen LogP contribution in [0.2, 0.25) is 0 Å². The zero-order chi connectivity index (χ0) is 53.6. The summed E-state index contributed by atoms with van der Waals surface area (Å²) in [7, 11) is 0. The van der Waals surface area contributed by atoms with Crippen molar-refractivity contribution in [2.24, 2.45) is 0 Å². The number of aliphatic hydroxyl groups excluding tert-OH is 2. The Hall–Kier alpha value is -1.40.